The number of aromatic amines is 1. The smallest absolute Gasteiger partial charge is 0.241 e. The standard InChI is InChI=1S/C13H17N3O/c1-8(13(17)16-14-3)12-9(2)15-11-7-5-4-6-10(11)12/h4-8,14-15H,1-3H3,(H,16,17). The van der Waals surface area contributed by atoms with Crippen LogP contribution in [-0.2, 0) is 4.79 Å². The van der Waals surface area contributed by atoms with Gasteiger partial charge in [-0.25, -0.2) is 5.43 Å². The largest absolute Gasteiger partial charge is 0.358 e. The van der Waals surface area contributed by atoms with Gasteiger partial charge in [-0.15, -0.1) is 0 Å². The van der Waals surface area contributed by atoms with E-state index < -0.39 is 0 Å². The molecule has 0 saturated heterocycles. The Morgan fingerprint density at radius 1 is 1.35 bits per heavy atom. The minimum absolute atomic E-state index is 0.0275. The summed E-state index contributed by atoms with van der Waals surface area (Å²) in [4.78, 5) is 15.2. The van der Waals surface area contributed by atoms with Crippen molar-refractivity contribution < 1.29 is 4.79 Å². The molecule has 0 aliphatic heterocycles. The van der Waals surface area contributed by atoms with Gasteiger partial charge in [0, 0.05) is 23.6 Å². The summed E-state index contributed by atoms with van der Waals surface area (Å²) in [6, 6.07) is 8.04. The SMILES string of the molecule is CNNC(=O)C(C)c1c(C)[nH]c2ccccc12. The molecule has 0 aliphatic rings. The molecule has 1 aromatic heterocycles. The molecule has 4 heteroatoms. The highest BCUT2D eigenvalue weighted by Crippen LogP contribution is 2.28. The van der Waals surface area contributed by atoms with Crippen LogP contribution in [0.25, 0.3) is 10.9 Å². The third-order valence-corrected chi connectivity index (χ3v) is 3.02. The van der Waals surface area contributed by atoms with Crippen molar-refractivity contribution >= 4 is 16.8 Å². The molecule has 1 atom stereocenters. The van der Waals surface area contributed by atoms with Gasteiger partial charge in [0.2, 0.25) is 5.91 Å². The fourth-order valence-electron chi connectivity index (χ4n) is 2.22. The first-order valence-corrected chi connectivity index (χ1v) is 5.69. The quantitative estimate of drug-likeness (QED) is 0.706. The van der Waals surface area contributed by atoms with Gasteiger partial charge in [0.05, 0.1) is 5.92 Å². The molecule has 1 unspecified atom stereocenters. The van der Waals surface area contributed by atoms with E-state index in [1.54, 1.807) is 7.05 Å². The van der Waals surface area contributed by atoms with Crippen LogP contribution in [0.4, 0.5) is 0 Å². The maximum atomic E-state index is 11.8. The highest BCUT2D eigenvalue weighted by atomic mass is 16.2. The second-order valence-electron chi connectivity index (χ2n) is 4.17. The predicted octanol–water partition coefficient (Wildman–Crippen LogP) is 1.83. The Hall–Kier alpha value is -1.81. The van der Waals surface area contributed by atoms with Crippen molar-refractivity contribution in [2.24, 2.45) is 0 Å². The Labute approximate surface area is 100 Å². The van der Waals surface area contributed by atoms with Crippen molar-refractivity contribution in [1.29, 1.82) is 0 Å². The molecule has 1 heterocycles. The third kappa shape index (κ3) is 2.03. The maximum absolute atomic E-state index is 11.8. The average Bonchev–Trinajstić information content (AvgIpc) is 2.64. The first kappa shape index (κ1) is 11.7. The summed E-state index contributed by atoms with van der Waals surface area (Å²) in [7, 11) is 1.69. The van der Waals surface area contributed by atoms with Gasteiger partial charge >= 0.3 is 0 Å². The van der Waals surface area contributed by atoms with Crippen LogP contribution in [-0.4, -0.2) is 17.9 Å². The second kappa shape index (κ2) is 4.59. The molecule has 2 rings (SSSR count). The number of benzene rings is 1. The van der Waals surface area contributed by atoms with Crippen molar-refractivity contribution in [3.05, 3.63) is 35.5 Å². The van der Waals surface area contributed by atoms with E-state index in [1.165, 1.54) is 0 Å². The Bertz CT molecular complexity index is 545. The van der Waals surface area contributed by atoms with Crippen LogP contribution >= 0.6 is 0 Å². The Balaban J connectivity index is 2.47. The molecule has 0 bridgehead atoms. The Morgan fingerprint density at radius 2 is 2.06 bits per heavy atom. The number of hydrogen-bond acceptors (Lipinski definition) is 2. The molecule has 0 aliphatic carbocycles. The first-order chi connectivity index (χ1) is 8.15. The summed E-state index contributed by atoms with van der Waals surface area (Å²) in [6.07, 6.45) is 0. The van der Waals surface area contributed by atoms with E-state index in [1.807, 2.05) is 38.1 Å². The minimum atomic E-state index is -0.182. The molecule has 0 saturated carbocycles. The molecule has 0 radical (unpaired) electrons. The number of rotatable bonds is 3. The van der Waals surface area contributed by atoms with Gasteiger partial charge in [-0.1, -0.05) is 18.2 Å². The molecular weight excluding hydrogens is 214 g/mol. The fraction of sp³-hybridized carbons (Fsp3) is 0.308. The van der Waals surface area contributed by atoms with Crippen LogP contribution in [0.2, 0.25) is 0 Å². The van der Waals surface area contributed by atoms with E-state index in [0.29, 0.717) is 0 Å². The second-order valence-corrected chi connectivity index (χ2v) is 4.17. The van der Waals surface area contributed by atoms with Crippen LogP contribution in [0.5, 0.6) is 0 Å². The van der Waals surface area contributed by atoms with Crippen LogP contribution in [0.1, 0.15) is 24.1 Å². The Morgan fingerprint density at radius 3 is 2.76 bits per heavy atom. The topological polar surface area (TPSA) is 56.9 Å². The highest BCUT2D eigenvalue weighted by Gasteiger charge is 2.20. The van der Waals surface area contributed by atoms with Gasteiger partial charge in [0.15, 0.2) is 0 Å². The van der Waals surface area contributed by atoms with E-state index in [0.717, 1.165) is 22.2 Å². The summed E-state index contributed by atoms with van der Waals surface area (Å²) in [6.45, 7) is 3.91. The van der Waals surface area contributed by atoms with Crippen molar-refractivity contribution in [1.82, 2.24) is 15.8 Å². The number of amides is 1. The zero-order chi connectivity index (χ0) is 12.4. The number of para-hydroxylation sites is 1. The van der Waals surface area contributed by atoms with Gasteiger partial charge < -0.3 is 4.98 Å². The van der Waals surface area contributed by atoms with Crippen molar-refractivity contribution in [2.45, 2.75) is 19.8 Å². The van der Waals surface area contributed by atoms with Crippen LogP contribution < -0.4 is 10.9 Å². The number of carbonyl (C=O) groups excluding carboxylic acids is 1. The molecular formula is C13H17N3O. The van der Waals surface area contributed by atoms with Gasteiger partial charge in [-0.05, 0) is 25.5 Å². The third-order valence-electron chi connectivity index (χ3n) is 3.02. The monoisotopic (exact) mass is 231 g/mol. The van der Waals surface area contributed by atoms with Crippen LogP contribution in [0.3, 0.4) is 0 Å². The van der Waals surface area contributed by atoms with Crippen LogP contribution in [0.15, 0.2) is 24.3 Å². The van der Waals surface area contributed by atoms with Crippen molar-refractivity contribution in [3.63, 3.8) is 0 Å². The predicted molar refractivity (Wildman–Crippen MR) is 68.7 cm³/mol. The van der Waals surface area contributed by atoms with E-state index >= 15 is 0 Å². The van der Waals surface area contributed by atoms with E-state index in [9.17, 15) is 4.79 Å². The molecule has 17 heavy (non-hydrogen) atoms. The summed E-state index contributed by atoms with van der Waals surface area (Å²) in [5.41, 5.74) is 8.47. The lowest BCUT2D eigenvalue weighted by Crippen LogP contribution is -2.37. The number of aryl methyl sites for hydroxylation is 1. The molecule has 0 fully saturated rings. The minimum Gasteiger partial charge on any atom is -0.358 e. The average molecular weight is 231 g/mol. The zero-order valence-electron chi connectivity index (χ0n) is 10.3. The summed E-state index contributed by atoms with van der Waals surface area (Å²) in [5, 5.41) is 1.11. The number of hydrogen-bond donors (Lipinski definition) is 3. The summed E-state index contributed by atoms with van der Waals surface area (Å²) < 4.78 is 0. The van der Waals surface area contributed by atoms with Gasteiger partial charge in [0.25, 0.3) is 0 Å². The van der Waals surface area contributed by atoms with Gasteiger partial charge in [-0.3, -0.25) is 10.2 Å². The summed E-state index contributed by atoms with van der Waals surface area (Å²) >= 11 is 0. The lowest BCUT2D eigenvalue weighted by molar-refractivity contribution is -0.123. The molecule has 4 nitrogen and oxygen atoms in total. The van der Waals surface area contributed by atoms with Crippen molar-refractivity contribution in [2.75, 3.05) is 7.05 Å². The number of carbonyl (C=O) groups is 1. The molecule has 90 valence electrons. The number of aromatic nitrogens is 1. The highest BCUT2D eigenvalue weighted by molar-refractivity contribution is 5.92. The fourth-order valence-corrected chi connectivity index (χ4v) is 2.22. The van der Waals surface area contributed by atoms with E-state index in [-0.39, 0.29) is 11.8 Å². The van der Waals surface area contributed by atoms with Crippen LogP contribution in [0, 0.1) is 6.92 Å². The first-order valence-electron chi connectivity index (χ1n) is 5.69. The number of hydrazine groups is 1. The molecule has 1 amide bonds. The number of H-pyrrole nitrogens is 1. The molecule has 2 aromatic rings. The lowest BCUT2D eigenvalue weighted by atomic mass is 9.97. The molecule has 1 aromatic carbocycles. The molecule has 0 spiro atoms. The molecule has 3 N–H and O–H groups in total. The number of nitrogens with one attached hydrogen (secondary N) is 3. The maximum Gasteiger partial charge on any atom is 0.241 e. The normalized spacial score (nSPS) is 12.6. The Kier molecular flexibility index (Phi) is 3.15. The van der Waals surface area contributed by atoms with Gasteiger partial charge in [-0.2, -0.15) is 0 Å². The summed E-state index contributed by atoms with van der Waals surface area (Å²) in [5.74, 6) is -0.209. The number of fused-ring (bicyclic) bond motifs is 1. The van der Waals surface area contributed by atoms with E-state index in [4.69, 9.17) is 0 Å². The van der Waals surface area contributed by atoms with Crippen molar-refractivity contribution in [3.8, 4) is 0 Å². The zero-order valence-corrected chi connectivity index (χ0v) is 10.3. The van der Waals surface area contributed by atoms with Gasteiger partial charge in [0.1, 0.15) is 0 Å². The van der Waals surface area contributed by atoms with E-state index in [2.05, 4.69) is 15.8 Å². The lowest BCUT2D eigenvalue weighted by Gasteiger charge is -2.12.